The summed E-state index contributed by atoms with van der Waals surface area (Å²) in [5.41, 5.74) is 4.62. The zero-order valence-electron chi connectivity index (χ0n) is 20.6. The molecule has 188 valence electrons. The average Bonchev–Trinajstić information content (AvgIpc) is 3.28. The maximum Gasteiger partial charge on any atom is 0.246 e. The molecule has 6 rings (SSSR count). The highest BCUT2D eigenvalue weighted by atomic mass is 19.1. The van der Waals surface area contributed by atoms with Crippen molar-refractivity contribution in [1.82, 2.24) is 14.8 Å². The molecule has 37 heavy (non-hydrogen) atoms. The fourth-order valence-corrected chi connectivity index (χ4v) is 5.79. The molecule has 2 aliphatic heterocycles. The van der Waals surface area contributed by atoms with E-state index in [9.17, 15) is 14.0 Å². The number of carbonyl (C=O) groups excluding carboxylic acids is 2. The third kappa shape index (κ3) is 4.04. The van der Waals surface area contributed by atoms with E-state index in [0.717, 1.165) is 33.3 Å². The SMILES string of the molecule is CCOc1ccccc1C1c2[nH]c3ccccc3c2CC2C(=O)N(CCc3cccc(F)c3)CC(=O)N21. The third-order valence-corrected chi connectivity index (χ3v) is 7.42. The first-order chi connectivity index (χ1) is 18.0. The summed E-state index contributed by atoms with van der Waals surface area (Å²) in [4.78, 5) is 34.5. The molecule has 3 aromatic carbocycles. The lowest BCUT2D eigenvalue weighted by molar-refractivity contribution is -0.158. The van der Waals surface area contributed by atoms with E-state index < -0.39 is 12.1 Å². The van der Waals surface area contributed by atoms with Crippen LogP contribution in [0.5, 0.6) is 5.75 Å². The summed E-state index contributed by atoms with van der Waals surface area (Å²) in [6, 6.07) is 21.1. The first-order valence-electron chi connectivity index (χ1n) is 12.7. The molecule has 0 saturated carbocycles. The van der Waals surface area contributed by atoms with Gasteiger partial charge in [-0.15, -0.1) is 0 Å². The molecule has 0 radical (unpaired) electrons. The van der Waals surface area contributed by atoms with Gasteiger partial charge in [0.25, 0.3) is 0 Å². The van der Waals surface area contributed by atoms with Crippen LogP contribution in [0.4, 0.5) is 4.39 Å². The minimum atomic E-state index is -0.625. The second kappa shape index (κ2) is 9.39. The highest BCUT2D eigenvalue weighted by Gasteiger charge is 2.48. The summed E-state index contributed by atoms with van der Waals surface area (Å²) in [7, 11) is 0. The van der Waals surface area contributed by atoms with Gasteiger partial charge >= 0.3 is 0 Å². The van der Waals surface area contributed by atoms with Gasteiger partial charge in [0.05, 0.1) is 13.2 Å². The normalized spacial score (nSPS) is 19.2. The number of ether oxygens (including phenoxy) is 1. The van der Waals surface area contributed by atoms with Crippen LogP contribution in [-0.4, -0.2) is 52.3 Å². The minimum absolute atomic E-state index is 0.00644. The molecule has 4 aromatic rings. The number of nitrogens with one attached hydrogen (secondary N) is 1. The number of carbonyl (C=O) groups is 2. The van der Waals surface area contributed by atoms with Gasteiger partial charge in [-0.1, -0.05) is 48.5 Å². The first kappa shape index (κ1) is 23.3. The number of para-hydroxylation sites is 2. The van der Waals surface area contributed by atoms with E-state index in [0.29, 0.717) is 31.7 Å². The Morgan fingerprint density at radius 2 is 1.84 bits per heavy atom. The highest BCUT2D eigenvalue weighted by Crippen LogP contribution is 2.44. The summed E-state index contributed by atoms with van der Waals surface area (Å²) in [6.07, 6.45) is 0.923. The van der Waals surface area contributed by atoms with E-state index in [1.807, 2.05) is 55.5 Å². The number of aromatic nitrogens is 1. The maximum atomic E-state index is 13.9. The molecule has 2 unspecified atom stereocenters. The Morgan fingerprint density at radius 3 is 2.68 bits per heavy atom. The van der Waals surface area contributed by atoms with Crippen molar-refractivity contribution in [2.75, 3.05) is 19.7 Å². The number of rotatable bonds is 6. The summed E-state index contributed by atoms with van der Waals surface area (Å²) in [6.45, 7) is 2.78. The fourth-order valence-electron chi connectivity index (χ4n) is 5.79. The van der Waals surface area contributed by atoms with Gasteiger partial charge in [0.2, 0.25) is 11.8 Å². The van der Waals surface area contributed by atoms with Crippen LogP contribution in [0.2, 0.25) is 0 Å². The van der Waals surface area contributed by atoms with Crippen LogP contribution >= 0.6 is 0 Å². The van der Waals surface area contributed by atoms with Crippen molar-refractivity contribution in [3.8, 4) is 5.75 Å². The van der Waals surface area contributed by atoms with Crippen LogP contribution in [0.3, 0.4) is 0 Å². The van der Waals surface area contributed by atoms with Gasteiger partial charge in [0.1, 0.15) is 23.7 Å². The van der Waals surface area contributed by atoms with Crippen LogP contribution in [0, 0.1) is 5.82 Å². The second-order valence-corrected chi connectivity index (χ2v) is 9.60. The third-order valence-electron chi connectivity index (χ3n) is 7.42. The average molecular weight is 498 g/mol. The van der Waals surface area contributed by atoms with Gasteiger partial charge < -0.3 is 19.5 Å². The lowest BCUT2D eigenvalue weighted by Gasteiger charge is -2.47. The van der Waals surface area contributed by atoms with Crippen molar-refractivity contribution in [3.05, 3.63) is 101 Å². The van der Waals surface area contributed by atoms with E-state index in [1.165, 1.54) is 12.1 Å². The molecule has 1 fully saturated rings. The van der Waals surface area contributed by atoms with E-state index >= 15 is 0 Å². The van der Waals surface area contributed by atoms with Crippen molar-refractivity contribution >= 4 is 22.7 Å². The second-order valence-electron chi connectivity index (χ2n) is 9.60. The molecule has 3 heterocycles. The molecule has 2 amide bonds. The number of hydrogen-bond donors (Lipinski definition) is 1. The number of H-pyrrole nitrogens is 1. The first-order valence-corrected chi connectivity index (χ1v) is 12.7. The monoisotopic (exact) mass is 497 g/mol. The smallest absolute Gasteiger partial charge is 0.246 e. The van der Waals surface area contributed by atoms with Crippen molar-refractivity contribution in [1.29, 1.82) is 0 Å². The maximum absolute atomic E-state index is 13.9. The van der Waals surface area contributed by atoms with Crippen molar-refractivity contribution in [3.63, 3.8) is 0 Å². The van der Waals surface area contributed by atoms with Gasteiger partial charge in [-0.25, -0.2) is 4.39 Å². The zero-order chi connectivity index (χ0) is 25.5. The molecule has 1 saturated heterocycles. The van der Waals surface area contributed by atoms with E-state index in [-0.39, 0.29) is 24.2 Å². The largest absolute Gasteiger partial charge is 0.494 e. The van der Waals surface area contributed by atoms with E-state index in [1.54, 1.807) is 15.9 Å². The molecular formula is C30H28FN3O3. The molecule has 6 nitrogen and oxygen atoms in total. The molecule has 0 spiro atoms. The lowest BCUT2D eigenvalue weighted by atomic mass is 9.86. The predicted octanol–water partition coefficient (Wildman–Crippen LogP) is 4.63. The van der Waals surface area contributed by atoms with E-state index in [4.69, 9.17) is 4.74 Å². The number of benzene rings is 3. The number of hydrogen-bond acceptors (Lipinski definition) is 3. The topological polar surface area (TPSA) is 65.6 Å². The molecule has 1 aromatic heterocycles. The van der Waals surface area contributed by atoms with Crippen molar-refractivity contribution in [2.24, 2.45) is 0 Å². The Kier molecular flexibility index (Phi) is 5.91. The Balaban J connectivity index is 1.41. The number of amides is 2. The van der Waals surface area contributed by atoms with Gasteiger partial charge in [0, 0.05) is 35.1 Å². The molecule has 0 bridgehead atoms. The van der Waals surface area contributed by atoms with Crippen LogP contribution < -0.4 is 4.74 Å². The molecular weight excluding hydrogens is 469 g/mol. The van der Waals surface area contributed by atoms with Crippen molar-refractivity contribution in [2.45, 2.75) is 31.8 Å². The van der Waals surface area contributed by atoms with Crippen LogP contribution in [0.1, 0.15) is 35.3 Å². The molecule has 0 aliphatic carbocycles. The van der Waals surface area contributed by atoms with Gasteiger partial charge in [-0.05, 0) is 48.7 Å². The molecule has 2 atom stereocenters. The van der Waals surface area contributed by atoms with E-state index in [2.05, 4.69) is 11.1 Å². The van der Waals surface area contributed by atoms with Crippen LogP contribution in [-0.2, 0) is 22.4 Å². The Hall–Kier alpha value is -4.13. The molecule has 7 heteroatoms. The summed E-state index contributed by atoms with van der Waals surface area (Å²) >= 11 is 0. The summed E-state index contributed by atoms with van der Waals surface area (Å²) < 4.78 is 19.6. The summed E-state index contributed by atoms with van der Waals surface area (Å²) in [5.74, 6) is 0.212. The molecule has 2 aliphatic rings. The number of aromatic amines is 1. The Morgan fingerprint density at radius 1 is 1.03 bits per heavy atom. The zero-order valence-corrected chi connectivity index (χ0v) is 20.6. The fraction of sp³-hybridized carbons (Fsp3) is 0.267. The highest BCUT2D eigenvalue weighted by molar-refractivity contribution is 5.97. The number of nitrogens with zero attached hydrogens (tertiary/aromatic N) is 2. The van der Waals surface area contributed by atoms with Gasteiger partial charge in [-0.3, -0.25) is 9.59 Å². The quantitative estimate of drug-likeness (QED) is 0.422. The Labute approximate surface area is 214 Å². The number of piperazine rings is 1. The van der Waals surface area contributed by atoms with Gasteiger partial charge in [0.15, 0.2) is 0 Å². The number of halogens is 1. The predicted molar refractivity (Wildman–Crippen MR) is 139 cm³/mol. The van der Waals surface area contributed by atoms with Crippen LogP contribution in [0.25, 0.3) is 10.9 Å². The van der Waals surface area contributed by atoms with Gasteiger partial charge in [-0.2, -0.15) is 0 Å². The minimum Gasteiger partial charge on any atom is -0.494 e. The standard InChI is InChI=1S/C30H28FN3O3/c1-2-37-26-13-6-4-11-22(26)29-28-23(21-10-3-5-12-24(21)32-28)17-25-30(36)33(18-27(35)34(25)29)15-14-19-8-7-9-20(31)16-19/h3-13,16,25,29,32H,2,14-15,17-18H2,1H3. The van der Waals surface area contributed by atoms with Crippen LogP contribution in [0.15, 0.2) is 72.8 Å². The van der Waals surface area contributed by atoms with Crippen molar-refractivity contribution < 1.29 is 18.7 Å². The Bertz CT molecular complexity index is 1500. The molecule has 1 N–H and O–H groups in total. The lowest BCUT2D eigenvalue weighted by Crippen LogP contribution is -2.63. The number of fused-ring (bicyclic) bond motifs is 4. The summed E-state index contributed by atoms with van der Waals surface area (Å²) in [5, 5.41) is 1.06.